The van der Waals surface area contributed by atoms with Crippen LogP contribution in [0.1, 0.15) is 5.56 Å². The van der Waals surface area contributed by atoms with Crippen LogP contribution in [0.2, 0.25) is 0 Å². The van der Waals surface area contributed by atoms with Crippen LogP contribution < -0.4 is 10.2 Å². The molecule has 3 rings (SSSR count). The Labute approximate surface area is 131 Å². The Morgan fingerprint density at radius 2 is 1.73 bits per heavy atom. The highest BCUT2D eigenvalue weighted by Crippen LogP contribution is 2.31. The van der Waals surface area contributed by atoms with E-state index in [4.69, 9.17) is 6.42 Å². The van der Waals surface area contributed by atoms with Crippen molar-refractivity contribution in [3.05, 3.63) is 66.2 Å². The predicted octanol–water partition coefficient (Wildman–Crippen LogP) is 1.99. The first kappa shape index (κ1) is 14.6. The summed E-state index contributed by atoms with van der Waals surface area (Å²) in [6.45, 7) is 2.33. The van der Waals surface area contributed by atoms with Gasteiger partial charge in [-0.15, -0.1) is 6.42 Å². The van der Waals surface area contributed by atoms with Crippen molar-refractivity contribution in [3.63, 3.8) is 0 Å². The third-order valence-corrected chi connectivity index (χ3v) is 4.25. The highest BCUT2D eigenvalue weighted by Gasteiger charge is 2.41. The quantitative estimate of drug-likeness (QED) is 0.849. The molecule has 2 N–H and O–H groups in total. The van der Waals surface area contributed by atoms with Crippen molar-refractivity contribution < 1.29 is 5.11 Å². The summed E-state index contributed by atoms with van der Waals surface area (Å²) in [5.41, 5.74) is 0.510. The van der Waals surface area contributed by atoms with Crippen molar-refractivity contribution in [2.75, 3.05) is 24.5 Å². The molecular formula is C19H20N2O. The summed E-state index contributed by atoms with van der Waals surface area (Å²) in [6, 6.07) is 19.4. The van der Waals surface area contributed by atoms with E-state index < -0.39 is 5.60 Å². The molecule has 112 valence electrons. The van der Waals surface area contributed by atoms with Gasteiger partial charge in [0.1, 0.15) is 0 Å². The summed E-state index contributed by atoms with van der Waals surface area (Å²) in [5.74, 6) is 2.64. The fraction of sp³-hybridized carbons (Fsp3) is 0.263. The number of hydrogen-bond donors (Lipinski definition) is 2. The van der Waals surface area contributed by atoms with Gasteiger partial charge in [0, 0.05) is 25.3 Å². The van der Waals surface area contributed by atoms with Gasteiger partial charge in [-0.25, -0.2) is 0 Å². The Hall–Kier alpha value is -2.28. The molecule has 0 aliphatic carbocycles. The van der Waals surface area contributed by atoms with Crippen molar-refractivity contribution in [3.8, 4) is 12.3 Å². The highest BCUT2D eigenvalue weighted by atomic mass is 16.3. The Balaban J connectivity index is 2.01. The molecule has 0 aromatic heterocycles. The largest absolute Gasteiger partial charge is 0.371 e. The summed E-state index contributed by atoms with van der Waals surface area (Å²) in [7, 11) is 0. The number of aliphatic hydroxyl groups is 1. The topological polar surface area (TPSA) is 35.5 Å². The van der Waals surface area contributed by atoms with Crippen molar-refractivity contribution >= 4 is 5.69 Å². The molecule has 2 atom stereocenters. The van der Waals surface area contributed by atoms with E-state index in [1.165, 1.54) is 0 Å². The van der Waals surface area contributed by atoms with Gasteiger partial charge in [0.15, 0.2) is 5.60 Å². The minimum Gasteiger partial charge on any atom is -0.371 e. The van der Waals surface area contributed by atoms with Gasteiger partial charge in [-0.05, 0) is 17.7 Å². The molecule has 2 aromatic carbocycles. The lowest BCUT2D eigenvalue weighted by Gasteiger charge is -2.44. The van der Waals surface area contributed by atoms with Gasteiger partial charge in [0.05, 0.1) is 6.04 Å². The maximum Gasteiger partial charge on any atom is 0.172 e. The molecule has 3 nitrogen and oxygen atoms in total. The van der Waals surface area contributed by atoms with Crippen molar-refractivity contribution in [1.29, 1.82) is 0 Å². The molecule has 1 aliphatic rings. The van der Waals surface area contributed by atoms with Crippen LogP contribution >= 0.6 is 0 Å². The van der Waals surface area contributed by atoms with Crippen LogP contribution in [-0.2, 0) is 5.60 Å². The molecule has 3 heteroatoms. The van der Waals surface area contributed by atoms with Gasteiger partial charge in [-0.3, -0.25) is 0 Å². The molecule has 0 bridgehead atoms. The van der Waals surface area contributed by atoms with Crippen molar-refractivity contribution in [2.24, 2.45) is 0 Å². The van der Waals surface area contributed by atoms with E-state index in [1.54, 1.807) is 0 Å². The first-order chi connectivity index (χ1) is 10.8. The van der Waals surface area contributed by atoms with Gasteiger partial charge >= 0.3 is 0 Å². The standard InChI is InChI=1S/C19H20N2O/c1-2-19(22,16-9-5-3-6-10-16)18-15-20-13-14-21(18)17-11-7-4-8-12-17/h1,3-12,18,20,22H,13-15H2. The second kappa shape index (κ2) is 6.23. The zero-order valence-electron chi connectivity index (χ0n) is 12.4. The molecule has 1 heterocycles. The van der Waals surface area contributed by atoms with Gasteiger partial charge in [0.2, 0.25) is 0 Å². The Kier molecular flexibility index (Phi) is 4.15. The van der Waals surface area contributed by atoms with Gasteiger partial charge in [-0.2, -0.15) is 0 Å². The average molecular weight is 292 g/mol. The van der Waals surface area contributed by atoms with E-state index in [0.29, 0.717) is 6.54 Å². The number of piperazine rings is 1. The first-order valence-electron chi connectivity index (χ1n) is 7.54. The monoisotopic (exact) mass is 292 g/mol. The molecule has 1 saturated heterocycles. The molecule has 22 heavy (non-hydrogen) atoms. The number of benzene rings is 2. The smallest absolute Gasteiger partial charge is 0.172 e. The first-order valence-corrected chi connectivity index (χ1v) is 7.54. The van der Waals surface area contributed by atoms with Gasteiger partial charge < -0.3 is 15.3 Å². The van der Waals surface area contributed by atoms with Gasteiger partial charge in [-0.1, -0.05) is 54.5 Å². The van der Waals surface area contributed by atoms with Crippen LogP contribution in [0.25, 0.3) is 0 Å². The van der Waals surface area contributed by atoms with Crippen LogP contribution in [0.3, 0.4) is 0 Å². The Bertz CT molecular complexity index is 650. The van der Waals surface area contributed by atoms with E-state index >= 15 is 0 Å². The number of nitrogens with one attached hydrogen (secondary N) is 1. The summed E-state index contributed by atoms with van der Waals surface area (Å²) in [5, 5.41) is 14.6. The number of rotatable bonds is 3. The Morgan fingerprint density at radius 1 is 1.09 bits per heavy atom. The molecule has 2 aromatic rings. The van der Waals surface area contributed by atoms with Crippen LogP contribution in [0, 0.1) is 12.3 Å². The minimum absolute atomic E-state index is 0.212. The fourth-order valence-corrected chi connectivity index (χ4v) is 3.07. The predicted molar refractivity (Wildman–Crippen MR) is 89.6 cm³/mol. The fourth-order valence-electron chi connectivity index (χ4n) is 3.07. The summed E-state index contributed by atoms with van der Waals surface area (Å²) < 4.78 is 0. The van der Waals surface area contributed by atoms with Crippen molar-refractivity contribution in [2.45, 2.75) is 11.6 Å². The second-order valence-corrected chi connectivity index (χ2v) is 5.53. The van der Waals surface area contributed by atoms with Crippen LogP contribution in [0.5, 0.6) is 0 Å². The lowest BCUT2D eigenvalue weighted by molar-refractivity contribution is 0.0621. The minimum atomic E-state index is -1.33. The SMILES string of the molecule is C#CC(O)(c1ccccc1)C1CNCCN1c1ccccc1. The molecule has 2 unspecified atom stereocenters. The number of para-hydroxylation sites is 1. The van der Waals surface area contributed by atoms with Gasteiger partial charge in [0.25, 0.3) is 0 Å². The molecule has 0 spiro atoms. The average Bonchev–Trinajstić information content (AvgIpc) is 2.62. The molecular weight excluding hydrogens is 272 g/mol. The maximum absolute atomic E-state index is 11.2. The zero-order valence-corrected chi connectivity index (χ0v) is 12.4. The molecule has 0 radical (unpaired) electrons. The lowest BCUT2D eigenvalue weighted by Crippen LogP contribution is -2.60. The van der Waals surface area contributed by atoms with E-state index in [2.05, 4.69) is 28.3 Å². The van der Waals surface area contributed by atoms with Crippen LogP contribution in [-0.4, -0.2) is 30.8 Å². The number of nitrogens with zero attached hydrogens (tertiary/aromatic N) is 1. The third-order valence-electron chi connectivity index (χ3n) is 4.25. The number of anilines is 1. The molecule has 1 aliphatic heterocycles. The van der Waals surface area contributed by atoms with E-state index in [0.717, 1.165) is 24.3 Å². The van der Waals surface area contributed by atoms with Crippen LogP contribution in [0.15, 0.2) is 60.7 Å². The molecule has 1 fully saturated rings. The number of hydrogen-bond acceptors (Lipinski definition) is 3. The lowest BCUT2D eigenvalue weighted by atomic mass is 9.84. The summed E-state index contributed by atoms with van der Waals surface area (Å²) in [6.07, 6.45) is 5.76. The zero-order chi connectivity index (χ0) is 15.4. The third kappa shape index (κ3) is 2.59. The van der Waals surface area contributed by atoms with E-state index in [9.17, 15) is 5.11 Å². The Morgan fingerprint density at radius 3 is 2.36 bits per heavy atom. The van der Waals surface area contributed by atoms with Crippen molar-refractivity contribution in [1.82, 2.24) is 5.32 Å². The maximum atomic E-state index is 11.2. The van der Waals surface area contributed by atoms with Crippen LogP contribution in [0.4, 0.5) is 5.69 Å². The van der Waals surface area contributed by atoms with E-state index in [-0.39, 0.29) is 6.04 Å². The summed E-state index contributed by atoms with van der Waals surface area (Å²) >= 11 is 0. The second-order valence-electron chi connectivity index (χ2n) is 5.53. The normalized spacial score (nSPS) is 20.9. The summed E-state index contributed by atoms with van der Waals surface area (Å²) in [4.78, 5) is 2.20. The number of terminal acetylenes is 1. The van der Waals surface area contributed by atoms with E-state index in [1.807, 2.05) is 48.5 Å². The highest BCUT2D eigenvalue weighted by molar-refractivity contribution is 5.51. The molecule has 0 amide bonds. The molecule has 0 saturated carbocycles.